The smallest absolute Gasteiger partial charge is 0.287 e. The first kappa shape index (κ1) is 22.5. The highest BCUT2D eigenvalue weighted by atomic mass is 32.1. The first-order valence-electron chi connectivity index (χ1n) is 9.68. The molecule has 2 heterocycles. The van der Waals surface area contributed by atoms with Gasteiger partial charge < -0.3 is 23.8 Å². The zero-order chi connectivity index (χ0) is 22.4. The Morgan fingerprint density at radius 2 is 2.00 bits per heavy atom. The number of benzene rings is 1. The van der Waals surface area contributed by atoms with E-state index >= 15 is 0 Å². The van der Waals surface area contributed by atoms with Gasteiger partial charge in [0.1, 0.15) is 11.5 Å². The molecule has 0 saturated heterocycles. The van der Waals surface area contributed by atoms with Crippen LogP contribution in [0.1, 0.15) is 37.2 Å². The number of carbonyl (C=O) groups is 2. The molecule has 1 N–H and O–H groups in total. The average molecular weight is 444 g/mol. The fraction of sp³-hybridized carbons (Fsp3) is 0.318. The molecule has 3 aromatic rings. The van der Waals surface area contributed by atoms with E-state index in [0.29, 0.717) is 41.6 Å². The number of nitrogens with one attached hydrogen (secondary N) is 1. The largest absolute Gasteiger partial charge is 0.497 e. The number of carbonyl (C=O) groups excluding carboxylic acids is 2. The fourth-order valence-corrected chi connectivity index (χ4v) is 3.84. The summed E-state index contributed by atoms with van der Waals surface area (Å²) in [5.74, 6) is 0.755. The second-order valence-electron chi connectivity index (χ2n) is 6.78. The van der Waals surface area contributed by atoms with Gasteiger partial charge in [-0.1, -0.05) is 6.07 Å². The van der Waals surface area contributed by atoms with Crippen LogP contribution in [-0.4, -0.2) is 43.8 Å². The number of hydrogen-bond acceptors (Lipinski definition) is 6. The SMILES string of the molecule is COCCNC(=O)c1ccc(Cn2c(C)c(C)sc2=NC(=O)c2cccc(OC)c2)o1. The van der Waals surface area contributed by atoms with Crippen molar-refractivity contribution in [3.63, 3.8) is 0 Å². The van der Waals surface area contributed by atoms with Crippen molar-refractivity contribution in [1.82, 2.24) is 9.88 Å². The van der Waals surface area contributed by atoms with Crippen molar-refractivity contribution in [3.8, 4) is 5.75 Å². The predicted octanol–water partition coefficient (Wildman–Crippen LogP) is 2.93. The van der Waals surface area contributed by atoms with E-state index in [9.17, 15) is 9.59 Å². The number of methoxy groups -OCH3 is 2. The first-order valence-corrected chi connectivity index (χ1v) is 10.5. The summed E-state index contributed by atoms with van der Waals surface area (Å²) in [6.07, 6.45) is 0. The van der Waals surface area contributed by atoms with Crippen LogP contribution in [0, 0.1) is 13.8 Å². The van der Waals surface area contributed by atoms with Crippen molar-refractivity contribution >= 4 is 23.2 Å². The Balaban J connectivity index is 1.84. The lowest BCUT2D eigenvalue weighted by molar-refractivity contribution is 0.0907. The maximum absolute atomic E-state index is 12.7. The quantitative estimate of drug-likeness (QED) is 0.540. The van der Waals surface area contributed by atoms with Crippen LogP contribution in [0.2, 0.25) is 0 Å². The van der Waals surface area contributed by atoms with Gasteiger partial charge >= 0.3 is 0 Å². The van der Waals surface area contributed by atoms with E-state index in [-0.39, 0.29) is 17.6 Å². The lowest BCUT2D eigenvalue weighted by atomic mass is 10.2. The van der Waals surface area contributed by atoms with E-state index < -0.39 is 0 Å². The Hall–Kier alpha value is -3.17. The van der Waals surface area contributed by atoms with E-state index in [1.165, 1.54) is 11.3 Å². The molecule has 0 aliphatic rings. The third-order valence-corrected chi connectivity index (χ3v) is 5.79. The lowest BCUT2D eigenvalue weighted by Gasteiger charge is -2.05. The minimum absolute atomic E-state index is 0.224. The van der Waals surface area contributed by atoms with Crippen LogP contribution in [0.15, 0.2) is 45.8 Å². The van der Waals surface area contributed by atoms with Crippen molar-refractivity contribution < 1.29 is 23.5 Å². The number of furan rings is 1. The molecule has 0 unspecified atom stereocenters. The van der Waals surface area contributed by atoms with Crippen molar-refractivity contribution in [1.29, 1.82) is 0 Å². The number of aryl methyl sites for hydroxylation is 1. The number of rotatable bonds is 8. The Kier molecular flexibility index (Phi) is 7.43. The molecule has 164 valence electrons. The average Bonchev–Trinajstić information content (AvgIpc) is 3.34. The van der Waals surface area contributed by atoms with Crippen molar-refractivity contribution in [2.75, 3.05) is 27.4 Å². The van der Waals surface area contributed by atoms with Gasteiger partial charge in [-0.05, 0) is 44.2 Å². The highest BCUT2D eigenvalue weighted by Crippen LogP contribution is 2.16. The van der Waals surface area contributed by atoms with E-state index in [4.69, 9.17) is 13.9 Å². The van der Waals surface area contributed by atoms with Crippen LogP contribution >= 0.6 is 11.3 Å². The molecule has 2 amide bonds. The summed E-state index contributed by atoms with van der Waals surface area (Å²) < 4.78 is 17.7. The molecule has 31 heavy (non-hydrogen) atoms. The van der Waals surface area contributed by atoms with Gasteiger partial charge in [-0.25, -0.2) is 0 Å². The zero-order valence-electron chi connectivity index (χ0n) is 17.9. The standard InChI is InChI=1S/C22H25N3O5S/c1-14-15(2)31-22(24-20(26)16-6-5-7-17(12-16)29-4)25(14)13-18-8-9-19(30-18)21(27)23-10-11-28-3/h5-9,12H,10-11,13H2,1-4H3,(H,23,27). The molecule has 0 fully saturated rings. The molecule has 9 heteroatoms. The van der Waals surface area contributed by atoms with E-state index in [0.717, 1.165) is 10.6 Å². The molecule has 1 aromatic carbocycles. The zero-order valence-corrected chi connectivity index (χ0v) is 18.7. The summed E-state index contributed by atoms with van der Waals surface area (Å²) in [5.41, 5.74) is 1.42. The maximum atomic E-state index is 12.7. The Labute approximate surface area is 184 Å². The minimum atomic E-state index is -0.355. The van der Waals surface area contributed by atoms with Crippen LogP contribution in [0.25, 0.3) is 0 Å². The Bertz CT molecular complexity index is 1140. The Morgan fingerprint density at radius 3 is 2.74 bits per heavy atom. The molecule has 8 nitrogen and oxygen atoms in total. The van der Waals surface area contributed by atoms with E-state index in [1.54, 1.807) is 50.6 Å². The van der Waals surface area contributed by atoms with Crippen LogP contribution in [-0.2, 0) is 11.3 Å². The molecule has 0 aliphatic carbocycles. The molecule has 0 aliphatic heterocycles. The van der Waals surface area contributed by atoms with Crippen LogP contribution in [0.5, 0.6) is 5.75 Å². The molecule has 0 spiro atoms. The third kappa shape index (κ3) is 5.50. The summed E-state index contributed by atoms with van der Waals surface area (Å²) in [7, 11) is 3.12. The topological polar surface area (TPSA) is 95.1 Å². The van der Waals surface area contributed by atoms with Crippen molar-refractivity contribution in [2.24, 2.45) is 4.99 Å². The molecule has 0 saturated carbocycles. The van der Waals surface area contributed by atoms with Gasteiger partial charge in [-0.3, -0.25) is 9.59 Å². The second-order valence-corrected chi connectivity index (χ2v) is 7.96. The van der Waals surface area contributed by atoms with Gasteiger partial charge in [0.25, 0.3) is 11.8 Å². The Morgan fingerprint density at radius 1 is 1.19 bits per heavy atom. The van der Waals surface area contributed by atoms with Crippen LogP contribution in [0.4, 0.5) is 0 Å². The summed E-state index contributed by atoms with van der Waals surface area (Å²) in [4.78, 5) is 30.8. The maximum Gasteiger partial charge on any atom is 0.287 e. The van der Waals surface area contributed by atoms with Gasteiger partial charge in [0.15, 0.2) is 10.6 Å². The fourth-order valence-electron chi connectivity index (χ4n) is 2.87. The van der Waals surface area contributed by atoms with Gasteiger partial charge in [0.05, 0.1) is 20.3 Å². The first-order chi connectivity index (χ1) is 14.9. The van der Waals surface area contributed by atoms with Gasteiger partial charge in [0.2, 0.25) is 0 Å². The number of thiazole rings is 1. The van der Waals surface area contributed by atoms with Crippen LogP contribution in [0.3, 0.4) is 0 Å². The molecule has 0 bridgehead atoms. The highest BCUT2D eigenvalue weighted by Gasteiger charge is 2.14. The van der Waals surface area contributed by atoms with Gasteiger partial charge in [-0.15, -0.1) is 11.3 Å². The van der Waals surface area contributed by atoms with Crippen molar-refractivity contribution in [2.45, 2.75) is 20.4 Å². The number of amides is 2. The number of nitrogens with zero attached hydrogens (tertiary/aromatic N) is 2. The number of aromatic nitrogens is 1. The monoisotopic (exact) mass is 443 g/mol. The highest BCUT2D eigenvalue weighted by molar-refractivity contribution is 7.09. The summed E-state index contributed by atoms with van der Waals surface area (Å²) in [6, 6.07) is 10.3. The predicted molar refractivity (Wildman–Crippen MR) is 117 cm³/mol. The van der Waals surface area contributed by atoms with E-state index in [2.05, 4.69) is 10.3 Å². The summed E-state index contributed by atoms with van der Waals surface area (Å²) in [6.45, 7) is 5.11. The molecular formula is C22H25N3O5S. The lowest BCUT2D eigenvalue weighted by Crippen LogP contribution is -2.26. The van der Waals surface area contributed by atoms with Gasteiger partial charge in [-0.2, -0.15) is 4.99 Å². The molecule has 0 atom stereocenters. The molecule has 2 aromatic heterocycles. The van der Waals surface area contributed by atoms with E-state index in [1.807, 2.05) is 18.4 Å². The summed E-state index contributed by atoms with van der Waals surface area (Å²) >= 11 is 1.43. The molecular weight excluding hydrogens is 418 g/mol. The number of hydrogen-bond donors (Lipinski definition) is 1. The second kappa shape index (κ2) is 10.2. The summed E-state index contributed by atoms with van der Waals surface area (Å²) in [5, 5.41) is 2.72. The minimum Gasteiger partial charge on any atom is -0.497 e. The van der Waals surface area contributed by atoms with Crippen LogP contribution < -0.4 is 14.9 Å². The molecule has 3 rings (SSSR count). The van der Waals surface area contributed by atoms with Crippen molar-refractivity contribution in [3.05, 3.63) is 68.9 Å². The molecule has 0 radical (unpaired) electrons. The van der Waals surface area contributed by atoms with Gasteiger partial charge in [0, 0.05) is 29.8 Å². The normalized spacial score (nSPS) is 11.5. The third-order valence-electron chi connectivity index (χ3n) is 4.69. The number of ether oxygens (including phenoxy) is 2.